The first kappa shape index (κ1) is 19.0. The lowest BCUT2D eigenvalue weighted by atomic mass is 9.83. The fourth-order valence-electron chi connectivity index (χ4n) is 2.82. The fraction of sp³-hybridized carbons (Fsp3) is 0.125. The molecule has 0 amide bonds. The third kappa shape index (κ3) is 3.98. The second-order valence-corrected chi connectivity index (χ2v) is 11.3. The first-order valence-corrected chi connectivity index (χ1v) is 12.1. The van der Waals surface area contributed by atoms with Crippen molar-refractivity contribution in [3.63, 3.8) is 0 Å². The van der Waals surface area contributed by atoms with Crippen molar-refractivity contribution in [2.45, 2.75) is 11.5 Å². The molecule has 0 aromatic heterocycles. The molecule has 0 aliphatic heterocycles. The Morgan fingerprint density at radius 2 is 0.962 bits per heavy atom. The highest BCUT2D eigenvalue weighted by molar-refractivity contribution is 8.13. The minimum atomic E-state index is -3.83. The van der Waals surface area contributed by atoms with E-state index in [-0.39, 0.29) is 33.4 Å². The molecule has 1 aliphatic rings. The number of hydrogen-bond donors (Lipinski definition) is 0. The first-order valence-electron chi connectivity index (χ1n) is 7.14. The van der Waals surface area contributed by atoms with Crippen LogP contribution >= 0.6 is 21.4 Å². The zero-order valence-electron chi connectivity index (χ0n) is 12.9. The standard InChI is InChI=1S/C16H10Cl2O6S2/c17-25(21,22)7-9-1-3-11-13(5-9)16(20)14-6-10(8-26(18,23)24)2-4-12(14)15(11)19/h1-6H,7-8H2. The van der Waals surface area contributed by atoms with Crippen molar-refractivity contribution in [2.24, 2.45) is 0 Å². The van der Waals surface area contributed by atoms with Gasteiger partial charge in [0.2, 0.25) is 18.1 Å². The predicted octanol–water partition coefficient (Wildman–Crippen LogP) is 2.60. The van der Waals surface area contributed by atoms with E-state index in [9.17, 15) is 26.4 Å². The van der Waals surface area contributed by atoms with E-state index >= 15 is 0 Å². The van der Waals surface area contributed by atoms with Crippen molar-refractivity contribution >= 4 is 51.0 Å². The van der Waals surface area contributed by atoms with Crippen LogP contribution in [0.1, 0.15) is 43.0 Å². The summed E-state index contributed by atoms with van der Waals surface area (Å²) >= 11 is 0. The van der Waals surface area contributed by atoms with Crippen molar-refractivity contribution in [3.05, 3.63) is 69.8 Å². The van der Waals surface area contributed by atoms with Crippen LogP contribution in [0, 0.1) is 0 Å². The zero-order valence-corrected chi connectivity index (χ0v) is 16.0. The van der Waals surface area contributed by atoms with Gasteiger partial charge in [0.25, 0.3) is 0 Å². The average Bonchev–Trinajstić information content (AvgIpc) is 2.49. The van der Waals surface area contributed by atoms with Gasteiger partial charge in [-0.1, -0.05) is 12.1 Å². The minimum absolute atomic E-state index is 0.0474. The third-order valence-corrected chi connectivity index (χ3v) is 5.84. The summed E-state index contributed by atoms with van der Waals surface area (Å²) in [6.45, 7) is 0. The van der Waals surface area contributed by atoms with Crippen molar-refractivity contribution in [2.75, 3.05) is 0 Å². The van der Waals surface area contributed by atoms with E-state index in [2.05, 4.69) is 0 Å². The molecule has 0 spiro atoms. The van der Waals surface area contributed by atoms with Gasteiger partial charge in [0.05, 0.1) is 11.5 Å². The largest absolute Gasteiger partial charge is 0.289 e. The Bertz CT molecular complexity index is 1080. The monoisotopic (exact) mass is 432 g/mol. The molecule has 2 aromatic carbocycles. The summed E-state index contributed by atoms with van der Waals surface area (Å²) in [5.41, 5.74) is 0.926. The maximum atomic E-state index is 12.8. The Morgan fingerprint density at radius 1 is 0.615 bits per heavy atom. The fourth-order valence-corrected chi connectivity index (χ4v) is 4.73. The number of carbonyl (C=O) groups is 2. The lowest BCUT2D eigenvalue weighted by Gasteiger charge is -2.18. The molecule has 0 N–H and O–H groups in total. The average molecular weight is 433 g/mol. The van der Waals surface area contributed by atoms with E-state index in [1.165, 1.54) is 36.4 Å². The van der Waals surface area contributed by atoms with Gasteiger partial charge in [-0.15, -0.1) is 0 Å². The molecule has 0 unspecified atom stereocenters. The molecule has 0 saturated heterocycles. The van der Waals surface area contributed by atoms with Gasteiger partial charge < -0.3 is 0 Å². The maximum Gasteiger partial charge on any atom is 0.236 e. The van der Waals surface area contributed by atoms with Crippen molar-refractivity contribution in [3.8, 4) is 0 Å². The van der Waals surface area contributed by atoms with Crippen LogP contribution in [0.4, 0.5) is 0 Å². The summed E-state index contributed by atoms with van der Waals surface area (Å²) < 4.78 is 44.9. The van der Waals surface area contributed by atoms with E-state index in [4.69, 9.17) is 21.4 Å². The highest BCUT2D eigenvalue weighted by Crippen LogP contribution is 2.30. The zero-order chi connectivity index (χ0) is 19.3. The second-order valence-electron chi connectivity index (χ2n) is 5.78. The number of ketones is 2. The van der Waals surface area contributed by atoms with Gasteiger partial charge in [-0.05, 0) is 35.4 Å². The molecule has 0 heterocycles. The Balaban J connectivity index is 2.10. The molecule has 10 heteroatoms. The van der Waals surface area contributed by atoms with Crippen LogP contribution in [-0.4, -0.2) is 28.4 Å². The summed E-state index contributed by atoms with van der Waals surface area (Å²) in [5.74, 6) is -1.88. The Labute approximate surface area is 158 Å². The molecule has 3 rings (SSSR count). The number of rotatable bonds is 4. The van der Waals surface area contributed by atoms with Crippen LogP contribution in [0.25, 0.3) is 0 Å². The number of halogens is 2. The molecule has 136 valence electrons. The molecule has 0 atom stereocenters. The van der Waals surface area contributed by atoms with Crippen molar-refractivity contribution in [1.82, 2.24) is 0 Å². The van der Waals surface area contributed by atoms with Gasteiger partial charge in [-0.3, -0.25) is 9.59 Å². The molecule has 0 fully saturated rings. The number of hydrogen-bond acceptors (Lipinski definition) is 6. The van der Waals surface area contributed by atoms with Crippen LogP contribution in [0.15, 0.2) is 36.4 Å². The molecular weight excluding hydrogens is 423 g/mol. The molecular formula is C16H10Cl2O6S2. The van der Waals surface area contributed by atoms with Gasteiger partial charge in [0, 0.05) is 43.6 Å². The number of benzene rings is 2. The third-order valence-electron chi connectivity index (χ3n) is 3.82. The van der Waals surface area contributed by atoms with Gasteiger partial charge >= 0.3 is 0 Å². The molecule has 2 aromatic rings. The lowest BCUT2D eigenvalue weighted by Crippen LogP contribution is -2.21. The lowest BCUT2D eigenvalue weighted by molar-refractivity contribution is 0.0979. The Hall–Kier alpha value is -1.74. The van der Waals surface area contributed by atoms with Crippen molar-refractivity contribution < 1.29 is 26.4 Å². The minimum Gasteiger partial charge on any atom is -0.289 e. The predicted molar refractivity (Wildman–Crippen MR) is 96.7 cm³/mol. The van der Waals surface area contributed by atoms with Gasteiger partial charge in [-0.25, -0.2) is 16.8 Å². The summed E-state index contributed by atoms with van der Waals surface area (Å²) in [7, 11) is 2.81. The van der Waals surface area contributed by atoms with E-state index in [0.29, 0.717) is 0 Å². The Kier molecular flexibility index (Phi) is 4.72. The van der Waals surface area contributed by atoms with E-state index in [1.807, 2.05) is 0 Å². The normalized spacial score (nSPS) is 14.1. The first-order chi connectivity index (χ1) is 11.9. The highest BCUT2D eigenvalue weighted by Gasteiger charge is 2.30. The highest BCUT2D eigenvalue weighted by atomic mass is 35.7. The molecule has 0 bridgehead atoms. The van der Waals surface area contributed by atoms with Crippen LogP contribution in [0.5, 0.6) is 0 Å². The summed E-state index contributed by atoms with van der Waals surface area (Å²) in [6.07, 6.45) is 0. The van der Waals surface area contributed by atoms with Crippen LogP contribution in [0.2, 0.25) is 0 Å². The topological polar surface area (TPSA) is 102 Å². The van der Waals surface area contributed by atoms with Crippen molar-refractivity contribution in [1.29, 1.82) is 0 Å². The van der Waals surface area contributed by atoms with Gasteiger partial charge in [-0.2, -0.15) is 0 Å². The molecule has 1 aliphatic carbocycles. The summed E-state index contributed by atoms with van der Waals surface area (Å²) in [4.78, 5) is 25.4. The maximum absolute atomic E-state index is 12.8. The molecule has 0 radical (unpaired) electrons. The molecule has 26 heavy (non-hydrogen) atoms. The second kappa shape index (κ2) is 6.45. The molecule has 0 saturated carbocycles. The SMILES string of the molecule is O=C1c2ccc(CS(=O)(=O)Cl)cc2C(=O)c2cc(CS(=O)(=O)Cl)ccc21. The number of fused-ring (bicyclic) bond motifs is 2. The van der Waals surface area contributed by atoms with Crippen LogP contribution in [-0.2, 0) is 29.6 Å². The quantitative estimate of drug-likeness (QED) is 0.586. The Morgan fingerprint density at radius 3 is 1.31 bits per heavy atom. The van der Waals surface area contributed by atoms with Crippen LogP contribution in [0.3, 0.4) is 0 Å². The number of carbonyl (C=O) groups excluding carboxylic acids is 2. The van der Waals surface area contributed by atoms with E-state index in [0.717, 1.165) is 0 Å². The molecule has 6 nitrogen and oxygen atoms in total. The summed E-state index contributed by atoms with van der Waals surface area (Å²) in [6, 6.07) is 8.22. The smallest absolute Gasteiger partial charge is 0.236 e. The summed E-state index contributed by atoms with van der Waals surface area (Å²) in [5, 5.41) is 0. The van der Waals surface area contributed by atoms with Gasteiger partial charge in [0.1, 0.15) is 0 Å². The van der Waals surface area contributed by atoms with E-state index < -0.39 is 41.2 Å². The van der Waals surface area contributed by atoms with Gasteiger partial charge in [0.15, 0.2) is 11.6 Å². The van der Waals surface area contributed by atoms with Crippen LogP contribution < -0.4 is 0 Å². The van der Waals surface area contributed by atoms with E-state index in [1.54, 1.807) is 0 Å².